The summed E-state index contributed by atoms with van der Waals surface area (Å²) in [5, 5.41) is 3.93. The Morgan fingerprint density at radius 3 is 2.38 bits per heavy atom. The van der Waals surface area contributed by atoms with E-state index in [9.17, 15) is 4.79 Å². The molecule has 3 aromatic heterocycles. The number of methoxy groups -OCH3 is 1. The molecule has 3 heterocycles. The number of nitrogens with one attached hydrogen (secondary N) is 1. The second kappa shape index (κ2) is 10.4. The predicted octanol–water partition coefficient (Wildman–Crippen LogP) is 5.64. The molecule has 39 heavy (non-hydrogen) atoms. The highest BCUT2D eigenvalue weighted by molar-refractivity contribution is 6.30. The zero-order chi connectivity index (χ0) is 27.7. The molecule has 10 nitrogen and oxygen atoms in total. The van der Waals surface area contributed by atoms with Crippen LogP contribution in [0.25, 0.3) is 33.4 Å². The normalized spacial score (nSPS) is 10.9. The number of carbonyl (C=O) groups is 1. The van der Waals surface area contributed by atoms with Crippen molar-refractivity contribution in [3.63, 3.8) is 0 Å². The molecule has 0 saturated heterocycles. The predicted molar refractivity (Wildman–Crippen MR) is 151 cm³/mol. The zero-order valence-electron chi connectivity index (χ0n) is 21.4. The number of amides is 1. The molecule has 0 unspecified atom stereocenters. The van der Waals surface area contributed by atoms with Crippen LogP contribution in [0.15, 0.2) is 73.3 Å². The molecular weight excluding hydrogens is 518 g/mol. The summed E-state index contributed by atoms with van der Waals surface area (Å²) in [6.45, 7) is 5.34. The topological polar surface area (TPSA) is 130 Å². The lowest BCUT2D eigenvalue weighted by atomic mass is 9.98. The number of hydrogen-bond acceptors (Lipinski definition) is 8. The van der Waals surface area contributed by atoms with Gasteiger partial charge in [0.2, 0.25) is 0 Å². The average molecular weight is 542 g/mol. The molecule has 0 radical (unpaired) electrons. The second-order valence-electron chi connectivity index (χ2n) is 8.70. The van der Waals surface area contributed by atoms with E-state index in [1.807, 2.05) is 48.0 Å². The first-order valence-electron chi connectivity index (χ1n) is 11.8. The van der Waals surface area contributed by atoms with Gasteiger partial charge in [0.25, 0.3) is 5.91 Å². The van der Waals surface area contributed by atoms with Crippen LogP contribution in [-0.2, 0) is 11.8 Å². The highest BCUT2D eigenvalue weighted by Gasteiger charge is 2.23. The quantitative estimate of drug-likeness (QED) is 0.253. The van der Waals surface area contributed by atoms with Gasteiger partial charge in [0.1, 0.15) is 17.8 Å². The molecule has 0 aliphatic rings. The van der Waals surface area contributed by atoms with Crippen molar-refractivity contribution in [2.45, 2.75) is 6.92 Å². The molecule has 0 atom stereocenters. The Kier molecular flexibility index (Phi) is 6.86. The first-order chi connectivity index (χ1) is 18.8. The maximum Gasteiger partial charge on any atom is 0.322 e. The molecule has 1 amide bonds. The minimum Gasteiger partial charge on any atom is -0.493 e. The fourth-order valence-corrected chi connectivity index (χ4v) is 4.30. The Morgan fingerprint density at radius 1 is 1.03 bits per heavy atom. The molecule has 0 bridgehead atoms. The molecule has 3 N–H and O–H groups in total. The van der Waals surface area contributed by atoms with Crippen molar-refractivity contribution in [2.75, 3.05) is 18.2 Å². The van der Waals surface area contributed by atoms with E-state index >= 15 is 0 Å². The summed E-state index contributed by atoms with van der Waals surface area (Å²) in [5.41, 5.74) is 11.5. The molecule has 5 rings (SSSR count). The number of anilines is 2. The summed E-state index contributed by atoms with van der Waals surface area (Å²) >= 11 is 5.88. The monoisotopic (exact) mass is 541 g/mol. The molecule has 196 valence electrons. The van der Waals surface area contributed by atoms with Gasteiger partial charge in [-0.1, -0.05) is 36.4 Å². The number of benzene rings is 2. The van der Waals surface area contributed by atoms with Crippen molar-refractivity contribution in [2.24, 2.45) is 7.05 Å². The lowest BCUT2D eigenvalue weighted by Gasteiger charge is -2.13. The number of aromatic nitrogens is 5. The van der Waals surface area contributed by atoms with Crippen LogP contribution >= 0.6 is 11.6 Å². The van der Waals surface area contributed by atoms with Crippen LogP contribution in [0.1, 0.15) is 6.92 Å². The maximum absolute atomic E-state index is 12.1. The van der Waals surface area contributed by atoms with Gasteiger partial charge in [-0.15, -0.1) is 0 Å². The Morgan fingerprint density at radius 2 is 1.72 bits per heavy atom. The van der Waals surface area contributed by atoms with Crippen LogP contribution in [0.5, 0.6) is 17.5 Å². The van der Waals surface area contributed by atoms with Crippen molar-refractivity contribution in [1.29, 1.82) is 0 Å². The molecule has 2 aromatic carbocycles. The van der Waals surface area contributed by atoms with E-state index in [0.717, 1.165) is 22.4 Å². The number of carbonyl (C=O) groups excluding carboxylic acids is 1. The summed E-state index contributed by atoms with van der Waals surface area (Å²) < 4.78 is 13.4. The summed E-state index contributed by atoms with van der Waals surface area (Å²) in [6, 6.07) is 13.1. The van der Waals surface area contributed by atoms with E-state index in [2.05, 4.69) is 31.8 Å². The average Bonchev–Trinajstić information content (AvgIpc) is 3.24. The number of hydrogen-bond donors (Lipinski definition) is 2. The summed E-state index contributed by atoms with van der Waals surface area (Å²) in [7, 11) is 3.46. The van der Waals surface area contributed by atoms with Gasteiger partial charge in [-0.25, -0.2) is 19.9 Å². The highest BCUT2D eigenvalue weighted by Crippen LogP contribution is 2.44. The van der Waals surface area contributed by atoms with Crippen molar-refractivity contribution >= 4 is 40.0 Å². The summed E-state index contributed by atoms with van der Waals surface area (Å²) in [6.07, 6.45) is 4.33. The van der Waals surface area contributed by atoms with Crippen LogP contribution in [-0.4, -0.2) is 37.5 Å². The first kappa shape index (κ1) is 25.7. The largest absolute Gasteiger partial charge is 0.493 e. The van der Waals surface area contributed by atoms with E-state index in [1.54, 1.807) is 20.1 Å². The van der Waals surface area contributed by atoms with Gasteiger partial charge >= 0.3 is 6.01 Å². The van der Waals surface area contributed by atoms with Crippen molar-refractivity contribution in [1.82, 2.24) is 24.5 Å². The first-order valence-corrected chi connectivity index (χ1v) is 12.1. The van der Waals surface area contributed by atoms with Crippen molar-refractivity contribution < 1.29 is 14.3 Å². The minimum absolute atomic E-state index is 0.132. The standard InChI is InChI=1S/C28H24ClN7O3/c1-15(2)27(37)35-19-8-5-16(6-9-19)24-22(23-25(30)33-14-34-26(23)36(24)3)17-7-10-20(21(11-17)38-4)39-28-31-12-18(29)13-32-28/h5-14H,1H2,2-4H3,(H,35,37)(H2,30,33,34). The van der Waals surface area contributed by atoms with Gasteiger partial charge in [0.15, 0.2) is 11.5 Å². The van der Waals surface area contributed by atoms with Gasteiger partial charge in [0.05, 0.1) is 35.6 Å². The molecule has 0 saturated carbocycles. The molecule has 11 heteroatoms. The van der Waals surface area contributed by atoms with E-state index < -0.39 is 0 Å². The number of rotatable bonds is 7. The van der Waals surface area contributed by atoms with Gasteiger partial charge in [-0.3, -0.25) is 4.79 Å². The summed E-state index contributed by atoms with van der Waals surface area (Å²) in [5.74, 6) is 0.986. The van der Waals surface area contributed by atoms with Crippen LogP contribution in [0.4, 0.5) is 11.5 Å². The third-order valence-corrected chi connectivity index (χ3v) is 6.25. The number of nitrogen functional groups attached to an aromatic ring is 1. The fraction of sp³-hybridized carbons (Fsp3) is 0.107. The van der Waals surface area contributed by atoms with Crippen LogP contribution in [0.3, 0.4) is 0 Å². The van der Waals surface area contributed by atoms with Gasteiger partial charge in [-0.05, 0) is 42.3 Å². The molecule has 5 aromatic rings. The third kappa shape index (κ3) is 4.97. The van der Waals surface area contributed by atoms with Crippen molar-refractivity contribution in [3.05, 3.63) is 78.4 Å². The number of nitrogens with two attached hydrogens (primary N) is 1. The maximum atomic E-state index is 12.1. The SMILES string of the molecule is C=C(C)C(=O)Nc1ccc(-c2c(-c3ccc(Oc4ncc(Cl)cn4)c(OC)c3)c3c(N)ncnc3n2C)cc1. The Labute approximate surface area is 229 Å². The van der Waals surface area contributed by atoms with E-state index in [1.165, 1.54) is 18.7 Å². The number of halogens is 1. The smallest absolute Gasteiger partial charge is 0.322 e. The lowest BCUT2D eigenvalue weighted by Crippen LogP contribution is -2.11. The second-order valence-corrected chi connectivity index (χ2v) is 9.14. The molecule has 0 aliphatic carbocycles. The molecule has 0 spiro atoms. The van der Waals surface area contributed by atoms with Gasteiger partial charge in [0, 0.05) is 23.9 Å². The minimum atomic E-state index is -0.241. The van der Waals surface area contributed by atoms with Crippen LogP contribution in [0.2, 0.25) is 5.02 Å². The van der Waals surface area contributed by atoms with E-state index in [0.29, 0.717) is 44.6 Å². The zero-order valence-corrected chi connectivity index (χ0v) is 22.2. The number of aryl methyl sites for hydroxylation is 1. The van der Waals surface area contributed by atoms with Gasteiger partial charge < -0.3 is 25.1 Å². The van der Waals surface area contributed by atoms with Gasteiger partial charge in [-0.2, -0.15) is 0 Å². The Bertz CT molecular complexity index is 1710. The van der Waals surface area contributed by atoms with E-state index in [4.69, 9.17) is 26.8 Å². The number of ether oxygens (including phenoxy) is 2. The van der Waals surface area contributed by atoms with Crippen molar-refractivity contribution in [3.8, 4) is 39.9 Å². The Balaban J connectivity index is 1.63. The molecule has 0 aliphatic heterocycles. The molecular formula is C28H24ClN7O3. The highest BCUT2D eigenvalue weighted by atomic mass is 35.5. The fourth-order valence-electron chi connectivity index (χ4n) is 4.20. The van der Waals surface area contributed by atoms with Crippen LogP contribution < -0.4 is 20.5 Å². The van der Waals surface area contributed by atoms with E-state index in [-0.39, 0.29) is 11.9 Å². The number of nitrogens with zero attached hydrogens (tertiary/aromatic N) is 5. The summed E-state index contributed by atoms with van der Waals surface area (Å²) in [4.78, 5) is 29.0. The molecule has 0 fully saturated rings. The number of fused-ring (bicyclic) bond motifs is 1. The van der Waals surface area contributed by atoms with Crippen LogP contribution in [0, 0.1) is 0 Å². The lowest BCUT2D eigenvalue weighted by molar-refractivity contribution is -0.112. The third-order valence-electron chi connectivity index (χ3n) is 6.05. The Hall–Kier alpha value is -4.96.